The first-order valence-corrected chi connectivity index (χ1v) is 9.42. The molecular formula is C18H20N4O3S. The van der Waals surface area contributed by atoms with Crippen molar-refractivity contribution in [2.24, 2.45) is 0 Å². The molecule has 3 rings (SSSR count). The Morgan fingerprint density at radius 3 is 2.88 bits per heavy atom. The maximum Gasteiger partial charge on any atom is 0.262 e. The number of thioether (sulfide) groups is 1. The van der Waals surface area contributed by atoms with Crippen molar-refractivity contribution >= 4 is 34.4 Å². The summed E-state index contributed by atoms with van der Waals surface area (Å²) in [4.78, 5) is 29.3. The van der Waals surface area contributed by atoms with E-state index >= 15 is 0 Å². The summed E-state index contributed by atoms with van der Waals surface area (Å²) in [5.41, 5.74) is 0.636. The third-order valence-electron chi connectivity index (χ3n) is 3.73. The second-order valence-corrected chi connectivity index (χ2v) is 6.90. The van der Waals surface area contributed by atoms with Gasteiger partial charge in [0, 0.05) is 24.8 Å². The number of rotatable bonds is 7. The molecule has 0 aliphatic rings. The first kappa shape index (κ1) is 18.2. The van der Waals surface area contributed by atoms with Gasteiger partial charge in [0.2, 0.25) is 5.91 Å². The van der Waals surface area contributed by atoms with Crippen LogP contribution in [0.1, 0.15) is 25.5 Å². The van der Waals surface area contributed by atoms with Gasteiger partial charge in [-0.3, -0.25) is 14.2 Å². The number of benzene rings is 1. The average molecular weight is 372 g/mol. The minimum atomic E-state index is -0.157. The van der Waals surface area contributed by atoms with E-state index in [0.717, 1.165) is 6.42 Å². The molecule has 0 bridgehead atoms. The summed E-state index contributed by atoms with van der Waals surface area (Å²) in [5, 5.41) is 7.67. The smallest absolute Gasteiger partial charge is 0.262 e. The van der Waals surface area contributed by atoms with Gasteiger partial charge < -0.3 is 9.84 Å². The molecule has 1 N–H and O–H groups in total. The second-order valence-electron chi connectivity index (χ2n) is 5.84. The quantitative estimate of drug-likeness (QED) is 0.506. The number of amides is 1. The molecule has 0 aliphatic heterocycles. The van der Waals surface area contributed by atoms with E-state index in [0.29, 0.717) is 39.9 Å². The third-order valence-corrected chi connectivity index (χ3v) is 4.71. The number of nitrogens with zero attached hydrogens (tertiary/aromatic N) is 3. The number of hydrogen-bond acceptors (Lipinski definition) is 6. The van der Waals surface area contributed by atoms with Crippen molar-refractivity contribution in [3.8, 4) is 0 Å². The largest absolute Gasteiger partial charge is 0.360 e. The molecular weight excluding hydrogens is 352 g/mol. The number of aryl methyl sites for hydroxylation is 1. The summed E-state index contributed by atoms with van der Waals surface area (Å²) in [5.74, 6) is 1.40. The highest BCUT2D eigenvalue weighted by molar-refractivity contribution is 7.99. The van der Waals surface area contributed by atoms with Gasteiger partial charge in [0.05, 0.1) is 10.9 Å². The second kappa shape index (κ2) is 8.18. The number of aromatic nitrogens is 3. The Morgan fingerprint density at radius 1 is 1.35 bits per heavy atom. The molecule has 1 aromatic carbocycles. The van der Waals surface area contributed by atoms with E-state index in [4.69, 9.17) is 4.52 Å². The lowest BCUT2D eigenvalue weighted by Crippen LogP contribution is -2.23. The van der Waals surface area contributed by atoms with Crippen LogP contribution in [0.2, 0.25) is 0 Å². The molecule has 136 valence electrons. The van der Waals surface area contributed by atoms with Gasteiger partial charge >= 0.3 is 0 Å². The topological polar surface area (TPSA) is 90.0 Å². The Bertz CT molecular complexity index is 980. The van der Waals surface area contributed by atoms with Crippen LogP contribution >= 0.6 is 11.8 Å². The molecule has 0 atom stereocenters. The molecule has 0 saturated heterocycles. The molecule has 2 aromatic heterocycles. The van der Waals surface area contributed by atoms with Gasteiger partial charge in [0.25, 0.3) is 5.56 Å². The van der Waals surface area contributed by atoms with Crippen molar-refractivity contribution < 1.29 is 9.32 Å². The van der Waals surface area contributed by atoms with Gasteiger partial charge in [-0.05, 0) is 25.5 Å². The SMILES string of the molecule is CCCn1c(SCCC(=O)Nc2cc(C)on2)nc2ccccc2c1=O. The molecule has 3 aromatic rings. The standard InChI is InChI=1S/C18H20N4O3S/c1-3-9-22-17(24)13-6-4-5-7-14(13)19-18(22)26-10-8-16(23)20-15-11-12(2)25-21-15/h4-7,11H,3,8-10H2,1-2H3,(H,20,21,23). The lowest BCUT2D eigenvalue weighted by molar-refractivity contribution is -0.115. The highest BCUT2D eigenvalue weighted by Gasteiger charge is 2.12. The fraction of sp³-hybridized carbons (Fsp3) is 0.333. The predicted octanol–water partition coefficient (Wildman–Crippen LogP) is 3.22. The maximum atomic E-state index is 12.7. The molecule has 1 amide bonds. The first-order valence-electron chi connectivity index (χ1n) is 8.44. The van der Waals surface area contributed by atoms with Gasteiger partial charge in [0.15, 0.2) is 11.0 Å². The van der Waals surface area contributed by atoms with Crippen molar-refractivity contribution in [2.45, 2.75) is 38.4 Å². The molecule has 0 fully saturated rings. The summed E-state index contributed by atoms with van der Waals surface area (Å²) in [7, 11) is 0. The third kappa shape index (κ3) is 4.13. The van der Waals surface area contributed by atoms with Crippen LogP contribution in [0.3, 0.4) is 0 Å². The van der Waals surface area contributed by atoms with E-state index < -0.39 is 0 Å². The van der Waals surface area contributed by atoms with E-state index in [2.05, 4.69) is 15.5 Å². The van der Waals surface area contributed by atoms with Crippen molar-refractivity contribution in [3.63, 3.8) is 0 Å². The zero-order chi connectivity index (χ0) is 18.5. The lowest BCUT2D eigenvalue weighted by atomic mass is 10.2. The van der Waals surface area contributed by atoms with Crippen LogP contribution in [0.15, 0.2) is 44.8 Å². The van der Waals surface area contributed by atoms with Crippen LogP contribution in [0, 0.1) is 6.92 Å². The van der Waals surface area contributed by atoms with Crippen LogP contribution < -0.4 is 10.9 Å². The molecule has 26 heavy (non-hydrogen) atoms. The molecule has 0 saturated carbocycles. The maximum absolute atomic E-state index is 12.7. The van der Waals surface area contributed by atoms with Crippen LogP contribution in [0.5, 0.6) is 0 Å². The molecule has 8 heteroatoms. The Balaban J connectivity index is 1.70. The Hall–Kier alpha value is -2.61. The summed E-state index contributed by atoms with van der Waals surface area (Å²) in [6.45, 7) is 4.38. The van der Waals surface area contributed by atoms with Gasteiger partial charge in [0.1, 0.15) is 5.76 Å². The zero-order valence-electron chi connectivity index (χ0n) is 14.7. The lowest BCUT2D eigenvalue weighted by Gasteiger charge is -2.12. The summed E-state index contributed by atoms with van der Waals surface area (Å²) in [6.07, 6.45) is 1.12. The Labute approximate surface area is 154 Å². The highest BCUT2D eigenvalue weighted by atomic mass is 32.2. The molecule has 0 aliphatic carbocycles. The van der Waals surface area contributed by atoms with Crippen LogP contribution in [-0.2, 0) is 11.3 Å². The monoisotopic (exact) mass is 372 g/mol. The van der Waals surface area contributed by atoms with E-state index in [-0.39, 0.29) is 17.9 Å². The zero-order valence-corrected chi connectivity index (χ0v) is 15.5. The Kier molecular flexibility index (Phi) is 5.72. The number of carbonyl (C=O) groups excluding carboxylic acids is 1. The van der Waals surface area contributed by atoms with Crippen LogP contribution in [0.4, 0.5) is 5.82 Å². The minimum absolute atomic E-state index is 0.0394. The van der Waals surface area contributed by atoms with E-state index in [1.807, 2.05) is 25.1 Å². The number of fused-ring (bicyclic) bond motifs is 1. The Morgan fingerprint density at radius 2 is 2.15 bits per heavy atom. The summed E-state index contributed by atoms with van der Waals surface area (Å²) in [6, 6.07) is 8.98. The normalized spacial score (nSPS) is 11.0. The van der Waals surface area contributed by atoms with Crippen LogP contribution in [-0.4, -0.2) is 26.4 Å². The summed E-state index contributed by atoms with van der Waals surface area (Å²) >= 11 is 1.41. The van der Waals surface area contributed by atoms with Gasteiger partial charge in [-0.25, -0.2) is 4.98 Å². The van der Waals surface area contributed by atoms with E-state index in [1.165, 1.54) is 11.8 Å². The number of anilines is 1. The van der Waals surface area contributed by atoms with Gasteiger partial charge in [-0.15, -0.1) is 0 Å². The van der Waals surface area contributed by atoms with E-state index in [9.17, 15) is 9.59 Å². The predicted molar refractivity (Wildman–Crippen MR) is 102 cm³/mol. The minimum Gasteiger partial charge on any atom is -0.360 e. The van der Waals surface area contributed by atoms with Crippen molar-refractivity contribution in [3.05, 3.63) is 46.4 Å². The molecule has 0 spiro atoms. The number of carbonyl (C=O) groups is 1. The van der Waals surface area contributed by atoms with Crippen molar-refractivity contribution in [1.82, 2.24) is 14.7 Å². The van der Waals surface area contributed by atoms with Crippen molar-refractivity contribution in [1.29, 1.82) is 0 Å². The van der Waals surface area contributed by atoms with E-state index in [1.54, 1.807) is 23.6 Å². The highest BCUT2D eigenvalue weighted by Crippen LogP contribution is 2.19. The molecule has 0 unspecified atom stereocenters. The number of nitrogens with one attached hydrogen (secondary N) is 1. The molecule has 2 heterocycles. The summed E-state index contributed by atoms with van der Waals surface area (Å²) < 4.78 is 6.60. The fourth-order valence-corrected chi connectivity index (χ4v) is 3.51. The first-order chi connectivity index (χ1) is 12.6. The molecule has 7 nitrogen and oxygen atoms in total. The van der Waals surface area contributed by atoms with Gasteiger partial charge in [-0.1, -0.05) is 36.0 Å². The average Bonchev–Trinajstić information content (AvgIpc) is 3.03. The molecule has 0 radical (unpaired) electrons. The van der Waals surface area contributed by atoms with Crippen LogP contribution in [0.25, 0.3) is 10.9 Å². The number of hydrogen-bond donors (Lipinski definition) is 1. The van der Waals surface area contributed by atoms with Gasteiger partial charge in [-0.2, -0.15) is 0 Å². The van der Waals surface area contributed by atoms with Crippen molar-refractivity contribution in [2.75, 3.05) is 11.1 Å². The fourth-order valence-electron chi connectivity index (χ4n) is 2.54. The number of para-hydroxylation sites is 1.